The van der Waals surface area contributed by atoms with Gasteiger partial charge in [-0.1, -0.05) is 26.0 Å². The molecule has 1 N–H and O–H groups in total. The number of hydrogen-bond acceptors (Lipinski definition) is 4. The average molecular weight is 454 g/mol. The highest BCUT2D eigenvalue weighted by Crippen LogP contribution is 2.29. The molecule has 2 aromatic heterocycles. The highest BCUT2D eigenvalue weighted by Gasteiger charge is 2.21. The molecule has 0 fully saturated rings. The third kappa shape index (κ3) is 3.58. The molecule has 4 rings (SSSR count). The number of halogens is 2. The summed E-state index contributed by atoms with van der Waals surface area (Å²) in [5.41, 5.74) is 0.0591. The molecule has 0 aliphatic carbocycles. The zero-order chi connectivity index (χ0) is 24.0. The third-order valence-corrected chi connectivity index (χ3v) is 5.79. The second-order valence-corrected chi connectivity index (χ2v) is 8.18. The highest BCUT2D eigenvalue weighted by atomic mass is 19.1. The van der Waals surface area contributed by atoms with E-state index in [1.54, 1.807) is 32.2 Å². The first kappa shape index (κ1) is 22.6. The maximum atomic E-state index is 15.2. The Morgan fingerprint density at radius 2 is 1.82 bits per heavy atom. The molecule has 0 amide bonds. The first-order valence-corrected chi connectivity index (χ1v) is 10.6. The maximum Gasteiger partial charge on any atom is 0.350 e. The van der Waals surface area contributed by atoms with E-state index >= 15 is 4.39 Å². The van der Waals surface area contributed by atoms with Gasteiger partial charge in [-0.05, 0) is 54.5 Å². The number of aryl methyl sites for hydroxylation is 1. The van der Waals surface area contributed by atoms with Gasteiger partial charge in [0.2, 0.25) is 0 Å². The number of fused-ring (bicyclic) bond motifs is 1. The minimum atomic E-state index is -0.829. The Morgan fingerprint density at radius 1 is 1.09 bits per heavy atom. The van der Waals surface area contributed by atoms with Crippen LogP contribution >= 0.6 is 0 Å². The zero-order valence-electron chi connectivity index (χ0n) is 18.8. The lowest BCUT2D eigenvalue weighted by Gasteiger charge is -2.17. The SMILES string of the molecule is CCn1c(CO)nn(-c2cc3c(C(C)C)cn(-c4c(C)cccc4F)c(=O)c3cc2F)c1=O. The van der Waals surface area contributed by atoms with E-state index in [0.717, 1.165) is 10.7 Å². The molecule has 0 unspecified atom stereocenters. The Morgan fingerprint density at radius 3 is 2.39 bits per heavy atom. The number of hydrogen-bond donors (Lipinski definition) is 1. The number of para-hydroxylation sites is 1. The summed E-state index contributed by atoms with van der Waals surface area (Å²) in [6.07, 6.45) is 1.56. The molecule has 0 radical (unpaired) electrons. The van der Waals surface area contributed by atoms with Gasteiger partial charge < -0.3 is 5.11 Å². The topological polar surface area (TPSA) is 82.0 Å². The van der Waals surface area contributed by atoms with Crippen LogP contribution in [0.1, 0.15) is 43.6 Å². The van der Waals surface area contributed by atoms with Gasteiger partial charge in [-0.25, -0.2) is 13.6 Å². The van der Waals surface area contributed by atoms with Crippen molar-refractivity contribution >= 4 is 10.8 Å². The Balaban J connectivity index is 2.08. The standard InChI is InChI=1S/C24H24F2N4O3/c1-5-28-21(12-31)27-30(24(28)33)20-10-15-16(9-19(20)26)23(32)29(11-17(15)13(2)3)22-14(4)7-6-8-18(22)25/h6-11,13,31H,5,12H2,1-4H3. The average Bonchev–Trinajstić information content (AvgIpc) is 3.10. The summed E-state index contributed by atoms with van der Waals surface area (Å²) in [4.78, 5) is 26.1. The Hall–Kier alpha value is -3.59. The fourth-order valence-electron chi connectivity index (χ4n) is 4.12. The predicted molar refractivity (Wildman–Crippen MR) is 121 cm³/mol. The lowest BCUT2D eigenvalue weighted by Crippen LogP contribution is -2.25. The van der Waals surface area contributed by atoms with Gasteiger partial charge in [0, 0.05) is 12.7 Å². The van der Waals surface area contributed by atoms with Crippen LogP contribution in [0, 0.1) is 18.6 Å². The van der Waals surface area contributed by atoms with Crippen molar-refractivity contribution in [2.75, 3.05) is 0 Å². The van der Waals surface area contributed by atoms with E-state index in [1.807, 2.05) is 13.8 Å². The van der Waals surface area contributed by atoms with Gasteiger partial charge in [0.25, 0.3) is 5.56 Å². The van der Waals surface area contributed by atoms with E-state index < -0.39 is 29.5 Å². The monoisotopic (exact) mass is 454 g/mol. The first-order chi connectivity index (χ1) is 15.7. The predicted octanol–water partition coefficient (Wildman–Crippen LogP) is 3.56. The van der Waals surface area contributed by atoms with Gasteiger partial charge in [-0.2, -0.15) is 4.68 Å². The minimum Gasteiger partial charge on any atom is -0.388 e. The van der Waals surface area contributed by atoms with Gasteiger partial charge >= 0.3 is 5.69 Å². The summed E-state index contributed by atoms with van der Waals surface area (Å²) >= 11 is 0. The molecule has 33 heavy (non-hydrogen) atoms. The molecule has 0 spiro atoms. The fraction of sp³-hybridized carbons (Fsp3) is 0.292. The van der Waals surface area contributed by atoms with Crippen molar-refractivity contribution in [1.29, 1.82) is 0 Å². The third-order valence-electron chi connectivity index (χ3n) is 5.79. The molecule has 4 aromatic rings. The second kappa shape index (κ2) is 8.40. The Kier molecular flexibility index (Phi) is 5.75. The molecule has 7 nitrogen and oxygen atoms in total. The number of aliphatic hydroxyl groups excluding tert-OH is 1. The van der Waals surface area contributed by atoms with Crippen LogP contribution in [0.3, 0.4) is 0 Å². The molecule has 2 heterocycles. The van der Waals surface area contributed by atoms with Crippen molar-refractivity contribution < 1.29 is 13.9 Å². The van der Waals surface area contributed by atoms with Crippen LogP contribution in [0.5, 0.6) is 0 Å². The summed E-state index contributed by atoms with van der Waals surface area (Å²) in [6, 6.07) is 7.00. The summed E-state index contributed by atoms with van der Waals surface area (Å²) in [6.45, 7) is 7.00. The minimum absolute atomic E-state index is 0.0652. The zero-order valence-corrected chi connectivity index (χ0v) is 18.8. The molecular weight excluding hydrogens is 430 g/mol. The van der Waals surface area contributed by atoms with Crippen LogP contribution < -0.4 is 11.2 Å². The largest absolute Gasteiger partial charge is 0.388 e. The molecule has 0 saturated heterocycles. The second-order valence-electron chi connectivity index (χ2n) is 8.18. The van der Waals surface area contributed by atoms with Gasteiger partial charge in [0.15, 0.2) is 5.82 Å². The van der Waals surface area contributed by atoms with Crippen LogP contribution in [-0.2, 0) is 13.2 Å². The molecule has 2 aromatic carbocycles. The van der Waals surface area contributed by atoms with Crippen LogP contribution in [0.4, 0.5) is 8.78 Å². The van der Waals surface area contributed by atoms with Gasteiger partial charge in [0.05, 0.1) is 11.1 Å². The number of aromatic nitrogens is 4. The summed E-state index contributed by atoms with van der Waals surface area (Å²) < 4.78 is 33.3. The van der Waals surface area contributed by atoms with Crippen LogP contribution in [0.15, 0.2) is 46.1 Å². The van der Waals surface area contributed by atoms with Crippen molar-refractivity contribution in [1.82, 2.24) is 18.9 Å². The van der Waals surface area contributed by atoms with Crippen LogP contribution in [0.25, 0.3) is 22.1 Å². The van der Waals surface area contributed by atoms with E-state index in [-0.39, 0.29) is 35.0 Å². The van der Waals surface area contributed by atoms with Crippen molar-refractivity contribution in [2.24, 2.45) is 0 Å². The smallest absolute Gasteiger partial charge is 0.350 e. The summed E-state index contributed by atoms with van der Waals surface area (Å²) in [5, 5.41) is 14.1. The van der Waals surface area contributed by atoms with E-state index in [4.69, 9.17) is 0 Å². The molecule has 0 saturated carbocycles. The lowest BCUT2D eigenvalue weighted by molar-refractivity contribution is 0.264. The normalized spacial score (nSPS) is 11.6. The molecular formula is C24H24F2N4O3. The van der Waals surface area contributed by atoms with Crippen molar-refractivity contribution in [3.63, 3.8) is 0 Å². The molecule has 172 valence electrons. The van der Waals surface area contributed by atoms with Gasteiger partial charge in [0.1, 0.15) is 23.9 Å². The number of benzene rings is 2. The maximum absolute atomic E-state index is 15.2. The number of nitrogens with zero attached hydrogens (tertiary/aromatic N) is 4. The Bertz CT molecular complexity index is 1480. The first-order valence-electron chi connectivity index (χ1n) is 10.6. The van der Waals surface area contributed by atoms with E-state index in [2.05, 4.69) is 5.10 Å². The van der Waals surface area contributed by atoms with E-state index in [1.165, 1.54) is 21.3 Å². The van der Waals surface area contributed by atoms with E-state index in [0.29, 0.717) is 16.5 Å². The summed E-state index contributed by atoms with van der Waals surface area (Å²) in [7, 11) is 0. The van der Waals surface area contributed by atoms with Crippen LogP contribution in [-0.4, -0.2) is 24.0 Å². The number of rotatable bonds is 5. The van der Waals surface area contributed by atoms with Crippen molar-refractivity contribution in [3.05, 3.63) is 86.0 Å². The molecule has 0 aliphatic heterocycles. The Labute approximate surface area is 188 Å². The molecule has 0 aliphatic rings. The van der Waals surface area contributed by atoms with E-state index in [9.17, 15) is 19.1 Å². The lowest BCUT2D eigenvalue weighted by atomic mass is 9.97. The van der Waals surface area contributed by atoms with Crippen molar-refractivity contribution in [2.45, 2.75) is 46.8 Å². The quantitative estimate of drug-likeness (QED) is 0.500. The van der Waals surface area contributed by atoms with Crippen LogP contribution in [0.2, 0.25) is 0 Å². The highest BCUT2D eigenvalue weighted by molar-refractivity contribution is 5.87. The molecule has 9 heteroatoms. The van der Waals surface area contributed by atoms with Gasteiger partial charge in [-0.3, -0.25) is 13.9 Å². The van der Waals surface area contributed by atoms with Crippen molar-refractivity contribution in [3.8, 4) is 11.4 Å². The fourth-order valence-corrected chi connectivity index (χ4v) is 4.12. The molecule has 0 atom stereocenters. The van der Waals surface area contributed by atoms with Gasteiger partial charge in [-0.15, -0.1) is 5.10 Å². The summed E-state index contributed by atoms with van der Waals surface area (Å²) in [5.74, 6) is -1.37. The molecule has 0 bridgehead atoms. The number of aliphatic hydroxyl groups is 1. The number of pyridine rings is 1.